The van der Waals surface area contributed by atoms with Crippen LogP contribution in [0.1, 0.15) is 18.5 Å². The molecule has 2 rings (SSSR count). The second-order valence-electron chi connectivity index (χ2n) is 4.94. The quantitative estimate of drug-likeness (QED) is 0.867. The maximum absolute atomic E-state index is 12.0. The first-order chi connectivity index (χ1) is 10.5. The second-order valence-corrected chi connectivity index (χ2v) is 5.99. The third-order valence-corrected chi connectivity index (χ3v) is 4.36. The molecule has 1 N–H and O–H groups in total. The lowest BCUT2D eigenvalue weighted by Gasteiger charge is -2.19. The Morgan fingerprint density at radius 2 is 2.09 bits per heavy atom. The number of carbonyl (C=O) groups is 2. The van der Waals surface area contributed by atoms with E-state index in [4.69, 9.17) is 9.47 Å². The van der Waals surface area contributed by atoms with E-state index in [9.17, 15) is 9.59 Å². The van der Waals surface area contributed by atoms with Gasteiger partial charge in [0.25, 0.3) is 5.24 Å². The summed E-state index contributed by atoms with van der Waals surface area (Å²) in [4.78, 5) is 25.1. The minimum absolute atomic E-state index is 0.0334. The summed E-state index contributed by atoms with van der Waals surface area (Å²) in [5, 5.41) is 2.86. The van der Waals surface area contributed by atoms with E-state index in [1.54, 1.807) is 25.2 Å². The first-order valence-corrected chi connectivity index (χ1v) is 7.96. The minimum atomic E-state index is -0.183. The van der Waals surface area contributed by atoms with Crippen LogP contribution in [-0.2, 0) is 4.79 Å². The number of carbonyl (C=O) groups excluding carboxylic acids is 2. The van der Waals surface area contributed by atoms with E-state index >= 15 is 0 Å². The highest BCUT2D eigenvalue weighted by Crippen LogP contribution is 2.29. The SMILES string of the molecule is COc1ccc([C@@H](C)NC(=O)CN2CCSC2=O)cc1OC. The van der Waals surface area contributed by atoms with Gasteiger partial charge in [-0.3, -0.25) is 9.59 Å². The Morgan fingerprint density at radius 1 is 1.36 bits per heavy atom. The van der Waals surface area contributed by atoms with Gasteiger partial charge in [-0.15, -0.1) is 0 Å². The van der Waals surface area contributed by atoms with Gasteiger partial charge in [0.2, 0.25) is 5.91 Å². The molecule has 0 bridgehead atoms. The summed E-state index contributed by atoms with van der Waals surface area (Å²) in [5.74, 6) is 1.84. The van der Waals surface area contributed by atoms with Crippen LogP contribution in [0.4, 0.5) is 4.79 Å². The van der Waals surface area contributed by atoms with E-state index < -0.39 is 0 Å². The van der Waals surface area contributed by atoms with E-state index in [-0.39, 0.29) is 23.7 Å². The topological polar surface area (TPSA) is 67.9 Å². The van der Waals surface area contributed by atoms with Gasteiger partial charge in [-0.2, -0.15) is 0 Å². The van der Waals surface area contributed by atoms with Crippen LogP contribution in [0.15, 0.2) is 18.2 Å². The van der Waals surface area contributed by atoms with E-state index in [1.165, 1.54) is 11.8 Å². The monoisotopic (exact) mass is 324 g/mol. The molecular formula is C15H20N2O4S. The van der Waals surface area contributed by atoms with E-state index in [1.807, 2.05) is 19.1 Å². The van der Waals surface area contributed by atoms with Crippen molar-refractivity contribution in [2.45, 2.75) is 13.0 Å². The van der Waals surface area contributed by atoms with E-state index in [0.29, 0.717) is 18.0 Å². The number of thioether (sulfide) groups is 1. The average molecular weight is 324 g/mol. The van der Waals surface area contributed by atoms with Crippen LogP contribution in [0.3, 0.4) is 0 Å². The number of methoxy groups -OCH3 is 2. The molecule has 1 atom stereocenters. The van der Waals surface area contributed by atoms with Crippen LogP contribution in [-0.4, -0.2) is 49.1 Å². The normalized spacial score (nSPS) is 15.6. The van der Waals surface area contributed by atoms with Crippen molar-refractivity contribution in [1.29, 1.82) is 0 Å². The Hall–Kier alpha value is -1.89. The van der Waals surface area contributed by atoms with Gasteiger partial charge in [-0.05, 0) is 24.6 Å². The van der Waals surface area contributed by atoms with Crippen molar-refractivity contribution in [1.82, 2.24) is 10.2 Å². The molecule has 1 fully saturated rings. The molecule has 1 aromatic rings. The third-order valence-electron chi connectivity index (χ3n) is 3.46. The first-order valence-electron chi connectivity index (χ1n) is 6.98. The van der Waals surface area contributed by atoms with Crippen molar-refractivity contribution in [2.24, 2.45) is 0 Å². The molecule has 2 amide bonds. The maximum Gasteiger partial charge on any atom is 0.282 e. The smallest absolute Gasteiger partial charge is 0.282 e. The Kier molecular flexibility index (Phi) is 5.54. The van der Waals surface area contributed by atoms with E-state index in [2.05, 4.69) is 5.32 Å². The average Bonchev–Trinajstić information content (AvgIpc) is 2.91. The predicted octanol–water partition coefficient (Wildman–Crippen LogP) is 2.05. The van der Waals surface area contributed by atoms with Gasteiger partial charge in [0.1, 0.15) is 6.54 Å². The first kappa shape index (κ1) is 16.5. The Morgan fingerprint density at radius 3 is 2.68 bits per heavy atom. The molecule has 1 heterocycles. The maximum atomic E-state index is 12.0. The molecule has 120 valence electrons. The lowest BCUT2D eigenvalue weighted by Crippen LogP contribution is -2.38. The Balaban J connectivity index is 1.97. The van der Waals surface area contributed by atoms with E-state index in [0.717, 1.165) is 11.3 Å². The van der Waals surface area contributed by atoms with Crippen LogP contribution in [0.2, 0.25) is 0 Å². The molecule has 22 heavy (non-hydrogen) atoms. The molecule has 0 unspecified atom stereocenters. The summed E-state index contributed by atoms with van der Waals surface area (Å²) < 4.78 is 10.5. The Labute approximate surface area is 134 Å². The fourth-order valence-corrected chi connectivity index (χ4v) is 3.06. The van der Waals surface area contributed by atoms with Gasteiger partial charge < -0.3 is 19.7 Å². The molecule has 1 saturated heterocycles. The molecule has 1 aliphatic rings. The summed E-state index contributed by atoms with van der Waals surface area (Å²) in [6.07, 6.45) is 0. The number of ether oxygens (including phenoxy) is 2. The number of benzene rings is 1. The largest absolute Gasteiger partial charge is 0.493 e. The number of nitrogens with zero attached hydrogens (tertiary/aromatic N) is 1. The highest BCUT2D eigenvalue weighted by molar-refractivity contribution is 8.13. The molecule has 0 aliphatic carbocycles. The number of amides is 2. The zero-order valence-corrected chi connectivity index (χ0v) is 13.7. The minimum Gasteiger partial charge on any atom is -0.493 e. The van der Waals surface area contributed by atoms with Crippen molar-refractivity contribution in [3.63, 3.8) is 0 Å². The zero-order valence-electron chi connectivity index (χ0n) is 12.9. The molecule has 1 aliphatic heterocycles. The van der Waals surface area contributed by atoms with Crippen LogP contribution >= 0.6 is 11.8 Å². The van der Waals surface area contributed by atoms with Crippen LogP contribution in [0.5, 0.6) is 11.5 Å². The molecule has 0 aromatic heterocycles. The Bertz CT molecular complexity index is 564. The van der Waals surface area contributed by atoms with Gasteiger partial charge >= 0.3 is 0 Å². The summed E-state index contributed by atoms with van der Waals surface area (Å²) in [7, 11) is 3.15. The molecular weight excluding hydrogens is 304 g/mol. The molecule has 0 spiro atoms. The van der Waals surface area contributed by atoms with Gasteiger partial charge in [0.15, 0.2) is 11.5 Å². The molecule has 1 aromatic carbocycles. The van der Waals surface area contributed by atoms with Crippen molar-refractivity contribution < 1.29 is 19.1 Å². The molecule has 0 radical (unpaired) electrons. The van der Waals surface area contributed by atoms with Crippen molar-refractivity contribution >= 4 is 22.9 Å². The molecule has 6 nitrogen and oxygen atoms in total. The van der Waals surface area contributed by atoms with Gasteiger partial charge in [-0.1, -0.05) is 17.8 Å². The molecule has 0 saturated carbocycles. The summed E-state index contributed by atoms with van der Waals surface area (Å²) >= 11 is 1.25. The van der Waals surface area contributed by atoms with Gasteiger partial charge in [-0.25, -0.2) is 0 Å². The fraction of sp³-hybridized carbons (Fsp3) is 0.467. The lowest BCUT2D eigenvalue weighted by molar-refractivity contribution is -0.122. The van der Waals surface area contributed by atoms with Gasteiger partial charge in [0.05, 0.1) is 20.3 Å². The van der Waals surface area contributed by atoms with Crippen molar-refractivity contribution in [3.8, 4) is 11.5 Å². The van der Waals surface area contributed by atoms with Crippen molar-refractivity contribution in [2.75, 3.05) is 33.1 Å². The second kappa shape index (κ2) is 7.40. The number of rotatable bonds is 6. The zero-order chi connectivity index (χ0) is 16.1. The highest BCUT2D eigenvalue weighted by atomic mass is 32.2. The summed E-state index contributed by atoms with van der Waals surface area (Å²) in [5.41, 5.74) is 0.910. The highest BCUT2D eigenvalue weighted by Gasteiger charge is 2.24. The van der Waals surface area contributed by atoms with Crippen LogP contribution in [0, 0.1) is 0 Å². The third kappa shape index (κ3) is 3.85. The molecule has 7 heteroatoms. The van der Waals surface area contributed by atoms with Crippen LogP contribution in [0.25, 0.3) is 0 Å². The van der Waals surface area contributed by atoms with Crippen LogP contribution < -0.4 is 14.8 Å². The summed E-state index contributed by atoms with van der Waals surface area (Å²) in [6, 6.07) is 5.33. The predicted molar refractivity (Wildman–Crippen MR) is 85.5 cm³/mol. The number of hydrogen-bond donors (Lipinski definition) is 1. The van der Waals surface area contributed by atoms with Crippen molar-refractivity contribution in [3.05, 3.63) is 23.8 Å². The summed E-state index contributed by atoms with van der Waals surface area (Å²) in [6.45, 7) is 2.62. The lowest BCUT2D eigenvalue weighted by atomic mass is 10.1. The number of nitrogens with one attached hydrogen (secondary N) is 1. The number of hydrogen-bond acceptors (Lipinski definition) is 5. The fourth-order valence-electron chi connectivity index (χ4n) is 2.24. The standard InChI is InChI=1S/C15H20N2O4S/c1-10(11-4-5-12(20-2)13(8-11)21-3)16-14(18)9-17-6-7-22-15(17)19/h4-5,8,10H,6-7,9H2,1-3H3,(H,16,18)/t10-/m1/s1. The van der Waals surface area contributed by atoms with Gasteiger partial charge in [0, 0.05) is 12.3 Å².